The molecule has 0 atom stereocenters. The van der Waals surface area contributed by atoms with Gasteiger partial charge in [-0.05, 0) is 19.4 Å². The smallest absolute Gasteiger partial charge is 0.267 e. The van der Waals surface area contributed by atoms with Crippen LogP contribution in [0, 0.1) is 0 Å². The maximum atomic E-state index is 12.7. The van der Waals surface area contributed by atoms with Crippen molar-refractivity contribution in [3.63, 3.8) is 0 Å². The van der Waals surface area contributed by atoms with Gasteiger partial charge in [-0.1, -0.05) is 60.7 Å². The molecule has 3 rings (SSSR count). The molecule has 2 N–H and O–H groups in total. The van der Waals surface area contributed by atoms with Gasteiger partial charge in [0.2, 0.25) is 0 Å². The summed E-state index contributed by atoms with van der Waals surface area (Å²) in [6, 6.07) is 18.7. The van der Waals surface area contributed by atoms with Crippen molar-refractivity contribution in [1.29, 1.82) is 0 Å². The number of aromatic amines is 1. The molecule has 130 valence electrons. The van der Waals surface area contributed by atoms with Gasteiger partial charge in [0.05, 0.1) is 5.69 Å². The number of benzene rings is 2. The quantitative estimate of drug-likeness (QED) is 0.561. The number of hydrogen-bond donors (Lipinski definition) is 2. The minimum absolute atomic E-state index is 0.0185. The Bertz CT molecular complexity index is 1000. The third-order valence-electron chi connectivity index (χ3n) is 3.70. The van der Waals surface area contributed by atoms with Gasteiger partial charge in [-0.2, -0.15) is 10.2 Å². The Labute approximate surface area is 150 Å². The lowest BCUT2D eigenvalue weighted by atomic mass is 9.95. The van der Waals surface area contributed by atoms with Crippen LogP contribution in [0.5, 0.6) is 0 Å². The highest BCUT2D eigenvalue weighted by atomic mass is 16.2. The Kier molecular flexibility index (Phi) is 5.03. The minimum Gasteiger partial charge on any atom is -0.267 e. The molecule has 0 saturated heterocycles. The van der Waals surface area contributed by atoms with Crippen LogP contribution in [0.2, 0.25) is 0 Å². The lowest BCUT2D eigenvalue weighted by molar-refractivity contribution is 0.0953. The second kappa shape index (κ2) is 7.57. The first kappa shape index (κ1) is 17.3. The van der Waals surface area contributed by atoms with E-state index >= 15 is 0 Å². The highest BCUT2D eigenvalue weighted by Gasteiger charge is 2.22. The van der Waals surface area contributed by atoms with Gasteiger partial charge >= 0.3 is 0 Å². The van der Waals surface area contributed by atoms with Gasteiger partial charge in [-0.25, -0.2) is 10.5 Å². The first-order chi connectivity index (χ1) is 12.6. The zero-order chi connectivity index (χ0) is 18.5. The fraction of sp³-hybridized carbons (Fsp3) is 0.100. The van der Waals surface area contributed by atoms with Gasteiger partial charge in [-0.15, -0.1) is 0 Å². The summed E-state index contributed by atoms with van der Waals surface area (Å²) in [7, 11) is 0. The molecule has 0 unspecified atom stereocenters. The molecule has 1 aromatic heterocycles. The van der Waals surface area contributed by atoms with E-state index in [9.17, 15) is 9.59 Å². The number of carbonyl (C=O) groups is 1. The van der Waals surface area contributed by atoms with Crippen molar-refractivity contribution in [2.24, 2.45) is 5.10 Å². The first-order valence-electron chi connectivity index (χ1n) is 8.12. The molecule has 6 nitrogen and oxygen atoms in total. The average molecular weight is 346 g/mol. The maximum Gasteiger partial charge on any atom is 0.277 e. The fourth-order valence-corrected chi connectivity index (χ4v) is 2.58. The summed E-state index contributed by atoms with van der Waals surface area (Å²) in [6.45, 7) is 3.51. The number of nitrogens with one attached hydrogen (secondary N) is 2. The van der Waals surface area contributed by atoms with Crippen molar-refractivity contribution >= 4 is 11.6 Å². The third kappa shape index (κ3) is 3.59. The average Bonchev–Trinajstić information content (AvgIpc) is 2.67. The first-order valence-corrected chi connectivity index (χ1v) is 8.12. The summed E-state index contributed by atoms with van der Waals surface area (Å²) in [5.74, 6) is -0.578. The predicted molar refractivity (Wildman–Crippen MR) is 102 cm³/mol. The van der Waals surface area contributed by atoms with Gasteiger partial charge in [0, 0.05) is 16.8 Å². The summed E-state index contributed by atoms with van der Waals surface area (Å²) in [5, 5.41) is 10.6. The molecule has 26 heavy (non-hydrogen) atoms. The van der Waals surface area contributed by atoms with Gasteiger partial charge in [0.25, 0.3) is 11.5 Å². The van der Waals surface area contributed by atoms with Crippen LogP contribution in [-0.2, 0) is 0 Å². The van der Waals surface area contributed by atoms with E-state index in [1.165, 1.54) is 0 Å². The van der Waals surface area contributed by atoms with Crippen LogP contribution in [0.1, 0.15) is 24.2 Å². The number of nitrogens with zero attached hydrogens (tertiary/aromatic N) is 2. The zero-order valence-corrected chi connectivity index (χ0v) is 14.5. The van der Waals surface area contributed by atoms with E-state index in [1.807, 2.05) is 60.7 Å². The molecular formula is C20H18N4O2. The van der Waals surface area contributed by atoms with Crippen molar-refractivity contribution in [2.45, 2.75) is 13.8 Å². The highest BCUT2D eigenvalue weighted by Crippen LogP contribution is 2.31. The van der Waals surface area contributed by atoms with E-state index in [-0.39, 0.29) is 5.56 Å². The van der Waals surface area contributed by atoms with Gasteiger partial charge in [0.15, 0.2) is 0 Å². The lowest BCUT2D eigenvalue weighted by Gasteiger charge is -2.13. The van der Waals surface area contributed by atoms with E-state index in [2.05, 4.69) is 20.7 Å². The molecule has 0 aliphatic heterocycles. The van der Waals surface area contributed by atoms with Crippen LogP contribution in [0.3, 0.4) is 0 Å². The molecule has 2 aromatic carbocycles. The largest absolute Gasteiger partial charge is 0.277 e. The molecule has 1 amide bonds. The van der Waals surface area contributed by atoms with E-state index in [1.54, 1.807) is 13.8 Å². The number of carbonyl (C=O) groups excluding carboxylic acids is 1. The van der Waals surface area contributed by atoms with Gasteiger partial charge < -0.3 is 0 Å². The highest BCUT2D eigenvalue weighted by molar-refractivity contribution is 6.03. The van der Waals surface area contributed by atoms with Crippen LogP contribution in [0.15, 0.2) is 70.6 Å². The normalized spacial score (nSPS) is 10.2. The molecule has 0 saturated carbocycles. The Morgan fingerprint density at radius 2 is 1.54 bits per heavy atom. The number of hydrogen-bond acceptors (Lipinski definition) is 4. The van der Waals surface area contributed by atoms with E-state index < -0.39 is 11.5 Å². The van der Waals surface area contributed by atoms with E-state index in [4.69, 9.17) is 0 Å². The molecular weight excluding hydrogens is 328 g/mol. The summed E-state index contributed by atoms with van der Waals surface area (Å²) < 4.78 is 0. The summed E-state index contributed by atoms with van der Waals surface area (Å²) >= 11 is 0. The van der Waals surface area contributed by atoms with Crippen LogP contribution < -0.4 is 11.0 Å². The lowest BCUT2D eigenvalue weighted by Crippen LogP contribution is -2.29. The van der Waals surface area contributed by atoms with Crippen LogP contribution in [-0.4, -0.2) is 21.8 Å². The van der Waals surface area contributed by atoms with Gasteiger partial charge in [-0.3, -0.25) is 9.59 Å². The molecule has 6 heteroatoms. The van der Waals surface area contributed by atoms with Crippen molar-refractivity contribution < 1.29 is 4.79 Å². The Balaban J connectivity index is 2.28. The van der Waals surface area contributed by atoms with Crippen molar-refractivity contribution in [3.05, 3.63) is 76.6 Å². The summed E-state index contributed by atoms with van der Waals surface area (Å²) in [5.41, 5.74) is 5.05. The third-order valence-corrected chi connectivity index (χ3v) is 3.70. The van der Waals surface area contributed by atoms with Crippen molar-refractivity contribution in [1.82, 2.24) is 15.6 Å². The zero-order valence-electron chi connectivity index (χ0n) is 14.5. The fourth-order valence-electron chi connectivity index (χ4n) is 2.58. The number of aromatic nitrogens is 2. The number of H-pyrrole nitrogens is 1. The molecule has 0 radical (unpaired) electrons. The minimum atomic E-state index is -0.578. The van der Waals surface area contributed by atoms with Crippen LogP contribution in [0.25, 0.3) is 22.4 Å². The van der Waals surface area contributed by atoms with Crippen molar-refractivity contribution in [3.8, 4) is 22.4 Å². The van der Waals surface area contributed by atoms with Crippen LogP contribution in [0.4, 0.5) is 0 Å². The monoisotopic (exact) mass is 346 g/mol. The second-order valence-corrected chi connectivity index (χ2v) is 5.88. The Hall–Kier alpha value is -3.54. The Morgan fingerprint density at radius 3 is 2.12 bits per heavy atom. The van der Waals surface area contributed by atoms with Gasteiger partial charge in [0.1, 0.15) is 5.56 Å². The molecule has 3 aromatic rings. The maximum absolute atomic E-state index is 12.7. The molecule has 0 spiro atoms. The molecule has 1 heterocycles. The van der Waals surface area contributed by atoms with Crippen molar-refractivity contribution in [2.75, 3.05) is 0 Å². The SMILES string of the molecule is CC(C)=NNC(=O)c1c(-c2ccccc2)c(-c2ccccc2)n[nH]c1=O. The number of amides is 1. The summed E-state index contributed by atoms with van der Waals surface area (Å²) in [6.07, 6.45) is 0. The molecule has 0 aliphatic carbocycles. The molecule has 0 fully saturated rings. The number of hydrazone groups is 1. The molecule has 0 bridgehead atoms. The van der Waals surface area contributed by atoms with E-state index in [0.29, 0.717) is 17.0 Å². The molecule has 0 aliphatic rings. The predicted octanol–water partition coefficient (Wildman–Crippen LogP) is 3.23. The topological polar surface area (TPSA) is 87.2 Å². The Morgan fingerprint density at radius 1 is 0.962 bits per heavy atom. The number of rotatable bonds is 4. The second-order valence-electron chi connectivity index (χ2n) is 5.88. The van der Waals surface area contributed by atoms with Crippen LogP contribution >= 0.6 is 0 Å². The summed E-state index contributed by atoms with van der Waals surface area (Å²) in [4.78, 5) is 25.1. The van der Waals surface area contributed by atoms with E-state index in [0.717, 1.165) is 11.1 Å². The standard InChI is InChI=1S/C20H18N4O2/c1-13(2)21-23-19(25)17-16(14-9-5-3-6-10-14)18(22-24-20(17)26)15-11-7-4-8-12-15/h3-12H,1-2H3,(H,23,25)(H,24,26).